The molecular weight excluding hydrogens is 334 g/mol. The predicted octanol–water partition coefficient (Wildman–Crippen LogP) is 4.06. The molecule has 8 heteroatoms. The van der Waals surface area contributed by atoms with Crippen molar-refractivity contribution in [2.45, 2.75) is 40.2 Å². The van der Waals surface area contributed by atoms with E-state index in [0.717, 1.165) is 28.9 Å². The molecule has 4 rings (SSSR count). The van der Waals surface area contributed by atoms with E-state index in [1.165, 1.54) is 12.8 Å². The highest BCUT2D eigenvalue weighted by Crippen LogP contribution is 2.38. The Morgan fingerprint density at radius 2 is 2.15 bits per heavy atom. The standard InChI is InChI=1S/C18H21N5O3/c1-4-19-18-20-17-14(22(18)9-12-5-6-12)7-13(8-15(17)23(24)25)16-10(2)21-26-11(16)3/h7-8,12H,4-6,9H2,1-3H3,(H,19,20). The zero-order valence-electron chi connectivity index (χ0n) is 15.1. The minimum Gasteiger partial charge on any atom is -0.361 e. The van der Waals surface area contributed by atoms with Crippen LogP contribution in [0.3, 0.4) is 0 Å². The maximum absolute atomic E-state index is 11.7. The van der Waals surface area contributed by atoms with Crippen LogP contribution in [0.2, 0.25) is 0 Å². The third-order valence-corrected chi connectivity index (χ3v) is 4.83. The fraction of sp³-hybridized carbons (Fsp3) is 0.444. The number of imidazole rings is 1. The molecule has 0 amide bonds. The van der Waals surface area contributed by atoms with Gasteiger partial charge in [0.05, 0.1) is 16.1 Å². The summed E-state index contributed by atoms with van der Waals surface area (Å²) >= 11 is 0. The summed E-state index contributed by atoms with van der Waals surface area (Å²) in [6, 6.07) is 3.53. The Morgan fingerprint density at radius 3 is 2.73 bits per heavy atom. The van der Waals surface area contributed by atoms with Crippen molar-refractivity contribution in [1.29, 1.82) is 0 Å². The van der Waals surface area contributed by atoms with E-state index in [1.54, 1.807) is 6.07 Å². The maximum Gasteiger partial charge on any atom is 0.297 e. The molecular formula is C18H21N5O3. The van der Waals surface area contributed by atoms with Crippen LogP contribution in [0.25, 0.3) is 22.2 Å². The Bertz CT molecular complexity index is 981. The van der Waals surface area contributed by atoms with Gasteiger partial charge in [0, 0.05) is 24.7 Å². The molecule has 0 radical (unpaired) electrons. The summed E-state index contributed by atoms with van der Waals surface area (Å²) in [5.74, 6) is 1.95. The SMILES string of the molecule is CCNc1nc2c([N+](=O)[O-])cc(-c3c(C)noc3C)cc2n1CC1CC1. The Labute approximate surface area is 150 Å². The fourth-order valence-corrected chi connectivity index (χ4v) is 3.42. The van der Waals surface area contributed by atoms with Gasteiger partial charge in [-0.15, -0.1) is 0 Å². The normalized spacial score (nSPS) is 14.1. The minimum absolute atomic E-state index is 0.00574. The van der Waals surface area contributed by atoms with Crippen LogP contribution in [0.15, 0.2) is 16.7 Å². The molecule has 2 heterocycles. The summed E-state index contributed by atoms with van der Waals surface area (Å²) in [5, 5.41) is 18.9. The highest BCUT2D eigenvalue weighted by atomic mass is 16.6. The van der Waals surface area contributed by atoms with E-state index in [2.05, 4.69) is 20.0 Å². The minimum atomic E-state index is -0.367. The van der Waals surface area contributed by atoms with Crippen molar-refractivity contribution in [3.63, 3.8) is 0 Å². The van der Waals surface area contributed by atoms with Crippen molar-refractivity contribution in [2.24, 2.45) is 5.92 Å². The second-order valence-electron chi connectivity index (χ2n) is 6.84. The van der Waals surface area contributed by atoms with E-state index < -0.39 is 0 Å². The second kappa shape index (κ2) is 6.12. The van der Waals surface area contributed by atoms with Crippen LogP contribution in [0, 0.1) is 29.9 Å². The Kier molecular flexibility index (Phi) is 3.90. The molecule has 1 fully saturated rings. The zero-order valence-corrected chi connectivity index (χ0v) is 15.1. The van der Waals surface area contributed by atoms with Crippen LogP contribution in [0.1, 0.15) is 31.2 Å². The molecule has 1 aromatic carbocycles. The molecule has 0 bridgehead atoms. The molecule has 0 unspecified atom stereocenters. The van der Waals surface area contributed by atoms with Crippen molar-refractivity contribution in [3.05, 3.63) is 33.7 Å². The Morgan fingerprint density at radius 1 is 1.38 bits per heavy atom. The molecule has 26 heavy (non-hydrogen) atoms. The van der Waals surface area contributed by atoms with Gasteiger partial charge in [0.15, 0.2) is 5.52 Å². The summed E-state index contributed by atoms with van der Waals surface area (Å²) in [6.45, 7) is 7.18. The van der Waals surface area contributed by atoms with Crippen LogP contribution >= 0.6 is 0 Å². The first-order chi connectivity index (χ1) is 12.5. The number of hydrogen-bond acceptors (Lipinski definition) is 6. The van der Waals surface area contributed by atoms with Crippen molar-refractivity contribution >= 4 is 22.7 Å². The summed E-state index contributed by atoms with van der Waals surface area (Å²) in [5.41, 5.74) is 3.46. The van der Waals surface area contributed by atoms with Crippen LogP contribution in [0.5, 0.6) is 0 Å². The first-order valence-corrected chi connectivity index (χ1v) is 8.85. The molecule has 3 aromatic rings. The van der Waals surface area contributed by atoms with E-state index in [9.17, 15) is 10.1 Å². The Balaban J connectivity index is 1.99. The van der Waals surface area contributed by atoms with Gasteiger partial charge in [-0.1, -0.05) is 5.16 Å². The van der Waals surface area contributed by atoms with Crippen LogP contribution in [0.4, 0.5) is 11.6 Å². The number of aryl methyl sites for hydroxylation is 2. The summed E-state index contributed by atoms with van der Waals surface area (Å²) in [4.78, 5) is 15.9. The number of fused-ring (bicyclic) bond motifs is 1. The van der Waals surface area contributed by atoms with E-state index >= 15 is 0 Å². The van der Waals surface area contributed by atoms with Gasteiger partial charge in [0.2, 0.25) is 5.95 Å². The fourth-order valence-electron chi connectivity index (χ4n) is 3.42. The van der Waals surface area contributed by atoms with Crippen molar-refractivity contribution in [1.82, 2.24) is 14.7 Å². The van der Waals surface area contributed by atoms with Gasteiger partial charge >= 0.3 is 0 Å². The molecule has 1 saturated carbocycles. The first kappa shape index (κ1) is 16.6. The lowest BCUT2D eigenvalue weighted by atomic mass is 10.0. The average molecular weight is 355 g/mol. The highest BCUT2D eigenvalue weighted by Gasteiger charge is 2.28. The van der Waals surface area contributed by atoms with Crippen molar-refractivity contribution in [3.8, 4) is 11.1 Å². The number of anilines is 1. The van der Waals surface area contributed by atoms with Gasteiger partial charge in [0.25, 0.3) is 5.69 Å². The lowest BCUT2D eigenvalue weighted by molar-refractivity contribution is -0.383. The highest BCUT2D eigenvalue weighted by molar-refractivity contribution is 5.92. The average Bonchev–Trinajstić information content (AvgIpc) is 3.27. The summed E-state index contributed by atoms with van der Waals surface area (Å²) in [7, 11) is 0. The molecule has 1 aliphatic carbocycles. The van der Waals surface area contributed by atoms with Crippen molar-refractivity contribution < 1.29 is 9.45 Å². The van der Waals surface area contributed by atoms with Gasteiger partial charge in [-0.05, 0) is 51.2 Å². The molecule has 8 nitrogen and oxygen atoms in total. The number of nitro groups is 1. The molecule has 0 spiro atoms. The largest absolute Gasteiger partial charge is 0.361 e. The molecule has 2 aromatic heterocycles. The summed E-state index contributed by atoms with van der Waals surface area (Å²) < 4.78 is 7.33. The molecule has 0 aliphatic heterocycles. The second-order valence-corrected chi connectivity index (χ2v) is 6.84. The van der Waals surface area contributed by atoms with Gasteiger partial charge in [-0.25, -0.2) is 4.98 Å². The maximum atomic E-state index is 11.7. The number of nitrogens with zero attached hydrogens (tertiary/aromatic N) is 4. The third-order valence-electron chi connectivity index (χ3n) is 4.83. The van der Waals surface area contributed by atoms with Gasteiger partial charge in [0.1, 0.15) is 5.76 Å². The third kappa shape index (κ3) is 2.71. The Hall–Kier alpha value is -2.90. The lowest BCUT2D eigenvalue weighted by Gasteiger charge is -2.09. The number of benzene rings is 1. The molecule has 0 saturated heterocycles. The number of nitrogens with one attached hydrogen (secondary N) is 1. The lowest BCUT2D eigenvalue weighted by Crippen LogP contribution is -2.08. The molecule has 136 valence electrons. The van der Waals surface area contributed by atoms with Crippen molar-refractivity contribution in [2.75, 3.05) is 11.9 Å². The van der Waals surface area contributed by atoms with E-state index in [-0.39, 0.29) is 10.6 Å². The van der Waals surface area contributed by atoms with E-state index in [4.69, 9.17) is 4.52 Å². The number of rotatable bonds is 6. The monoisotopic (exact) mass is 355 g/mol. The number of hydrogen-bond donors (Lipinski definition) is 1. The zero-order chi connectivity index (χ0) is 18.4. The molecule has 0 atom stereocenters. The molecule has 1 aliphatic rings. The van der Waals surface area contributed by atoms with Gasteiger partial charge in [-0.3, -0.25) is 10.1 Å². The number of aromatic nitrogens is 3. The number of nitro benzene ring substituents is 1. The number of non-ortho nitro benzene ring substituents is 1. The topological polar surface area (TPSA) is 99.0 Å². The van der Waals surface area contributed by atoms with Crippen LogP contribution < -0.4 is 5.32 Å². The van der Waals surface area contributed by atoms with Crippen LogP contribution in [-0.4, -0.2) is 26.2 Å². The first-order valence-electron chi connectivity index (χ1n) is 8.85. The predicted molar refractivity (Wildman–Crippen MR) is 98.2 cm³/mol. The van der Waals surface area contributed by atoms with E-state index in [0.29, 0.717) is 29.7 Å². The summed E-state index contributed by atoms with van der Waals surface area (Å²) in [6.07, 6.45) is 2.38. The van der Waals surface area contributed by atoms with Crippen LogP contribution in [-0.2, 0) is 6.54 Å². The quantitative estimate of drug-likeness (QED) is 0.529. The van der Waals surface area contributed by atoms with Gasteiger partial charge in [-0.2, -0.15) is 0 Å². The van der Waals surface area contributed by atoms with E-state index in [1.807, 2.05) is 26.8 Å². The smallest absolute Gasteiger partial charge is 0.297 e. The molecule has 1 N–H and O–H groups in total. The van der Waals surface area contributed by atoms with Gasteiger partial charge < -0.3 is 14.4 Å².